The van der Waals surface area contributed by atoms with Gasteiger partial charge in [-0.1, -0.05) is 19.1 Å². The van der Waals surface area contributed by atoms with E-state index in [2.05, 4.69) is 36.1 Å². The third-order valence-corrected chi connectivity index (χ3v) is 3.55. The first-order valence-electron chi connectivity index (χ1n) is 6.27. The minimum absolute atomic E-state index is 0.315. The Morgan fingerprint density at radius 2 is 2.06 bits per heavy atom. The van der Waals surface area contributed by atoms with Crippen molar-refractivity contribution in [3.63, 3.8) is 0 Å². The van der Waals surface area contributed by atoms with E-state index in [-0.39, 0.29) is 6.10 Å². The van der Waals surface area contributed by atoms with E-state index in [1.165, 1.54) is 18.5 Å². The zero-order valence-corrected chi connectivity index (χ0v) is 10.2. The van der Waals surface area contributed by atoms with E-state index in [0.29, 0.717) is 6.04 Å². The molecule has 1 heterocycles. The molecular formula is C14H21NO. The highest BCUT2D eigenvalue weighted by atomic mass is 16.3. The highest BCUT2D eigenvalue weighted by Gasteiger charge is 2.20. The van der Waals surface area contributed by atoms with Crippen LogP contribution < -0.4 is 4.90 Å². The first-order chi connectivity index (χ1) is 7.72. The first kappa shape index (κ1) is 11.5. The second kappa shape index (κ2) is 4.88. The lowest BCUT2D eigenvalue weighted by Gasteiger charge is -2.24. The minimum Gasteiger partial charge on any atom is -0.388 e. The number of rotatable bonds is 3. The van der Waals surface area contributed by atoms with E-state index in [4.69, 9.17) is 0 Å². The number of nitrogens with zero attached hydrogens (tertiary/aromatic N) is 1. The van der Waals surface area contributed by atoms with Gasteiger partial charge in [-0.2, -0.15) is 0 Å². The Labute approximate surface area is 97.9 Å². The molecule has 0 amide bonds. The first-order valence-corrected chi connectivity index (χ1v) is 6.27. The van der Waals surface area contributed by atoms with Crippen LogP contribution in [-0.2, 0) is 0 Å². The molecule has 1 fully saturated rings. The average molecular weight is 219 g/mol. The smallest absolute Gasteiger partial charge is 0.0787 e. The third kappa shape index (κ3) is 2.22. The molecule has 16 heavy (non-hydrogen) atoms. The van der Waals surface area contributed by atoms with Crippen molar-refractivity contribution in [2.24, 2.45) is 0 Å². The van der Waals surface area contributed by atoms with Crippen LogP contribution in [0.5, 0.6) is 0 Å². The van der Waals surface area contributed by atoms with Gasteiger partial charge in [0.2, 0.25) is 0 Å². The second-order valence-corrected chi connectivity index (χ2v) is 4.70. The molecule has 0 aliphatic carbocycles. The standard InChI is InChI=1S/C14H21NO/c1-3-14(16)12-6-8-13(9-7-12)15-10-4-5-11(15)2/h6-9,11,14,16H,3-5,10H2,1-2H3/t11?,14-/m0/s1. The van der Waals surface area contributed by atoms with E-state index < -0.39 is 0 Å². The highest BCUT2D eigenvalue weighted by Crippen LogP contribution is 2.27. The number of hydrogen-bond donors (Lipinski definition) is 1. The van der Waals surface area contributed by atoms with Crippen molar-refractivity contribution in [2.75, 3.05) is 11.4 Å². The molecule has 1 aliphatic rings. The molecule has 1 aromatic carbocycles. The summed E-state index contributed by atoms with van der Waals surface area (Å²) in [7, 11) is 0. The summed E-state index contributed by atoms with van der Waals surface area (Å²) >= 11 is 0. The van der Waals surface area contributed by atoms with Crippen molar-refractivity contribution < 1.29 is 5.11 Å². The Hall–Kier alpha value is -1.02. The highest BCUT2D eigenvalue weighted by molar-refractivity contribution is 5.49. The van der Waals surface area contributed by atoms with Gasteiger partial charge in [-0.3, -0.25) is 0 Å². The van der Waals surface area contributed by atoms with Crippen LogP contribution in [0, 0.1) is 0 Å². The van der Waals surface area contributed by atoms with Gasteiger partial charge in [-0.05, 0) is 43.9 Å². The zero-order valence-electron chi connectivity index (χ0n) is 10.2. The Balaban J connectivity index is 2.12. The minimum atomic E-state index is -0.315. The summed E-state index contributed by atoms with van der Waals surface area (Å²) in [5, 5.41) is 9.72. The van der Waals surface area contributed by atoms with Crippen LogP contribution in [0.1, 0.15) is 44.8 Å². The topological polar surface area (TPSA) is 23.5 Å². The molecule has 0 saturated carbocycles. The number of aliphatic hydroxyl groups is 1. The maximum Gasteiger partial charge on any atom is 0.0787 e. The van der Waals surface area contributed by atoms with Crippen LogP contribution in [0.3, 0.4) is 0 Å². The molecule has 1 N–H and O–H groups in total. The molecule has 2 rings (SSSR count). The van der Waals surface area contributed by atoms with Gasteiger partial charge in [0.25, 0.3) is 0 Å². The molecular weight excluding hydrogens is 198 g/mol. The van der Waals surface area contributed by atoms with E-state index in [9.17, 15) is 5.11 Å². The summed E-state index contributed by atoms with van der Waals surface area (Å²) in [6.07, 6.45) is 3.05. The van der Waals surface area contributed by atoms with Crippen molar-refractivity contribution in [3.05, 3.63) is 29.8 Å². The quantitative estimate of drug-likeness (QED) is 0.844. The molecule has 1 saturated heterocycles. The van der Waals surface area contributed by atoms with Crippen molar-refractivity contribution >= 4 is 5.69 Å². The number of anilines is 1. The van der Waals surface area contributed by atoms with Crippen LogP contribution in [0.15, 0.2) is 24.3 Å². The molecule has 2 atom stereocenters. The lowest BCUT2D eigenvalue weighted by atomic mass is 10.1. The van der Waals surface area contributed by atoms with Crippen LogP contribution in [0.4, 0.5) is 5.69 Å². The Bertz CT molecular complexity index is 333. The normalized spacial score (nSPS) is 22.4. The molecule has 0 radical (unpaired) electrons. The van der Waals surface area contributed by atoms with Gasteiger partial charge in [0.05, 0.1) is 6.10 Å². The van der Waals surface area contributed by atoms with Crippen molar-refractivity contribution in [1.82, 2.24) is 0 Å². The molecule has 1 aromatic rings. The fourth-order valence-electron chi connectivity index (χ4n) is 2.44. The Kier molecular flexibility index (Phi) is 3.49. The predicted octanol–water partition coefficient (Wildman–Crippen LogP) is 3.12. The summed E-state index contributed by atoms with van der Waals surface area (Å²) in [6, 6.07) is 9.02. The molecule has 88 valence electrons. The largest absolute Gasteiger partial charge is 0.388 e. The van der Waals surface area contributed by atoms with E-state index in [0.717, 1.165) is 18.5 Å². The maximum atomic E-state index is 9.72. The predicted molar refractivity (Wildman–Crippen MR) is 67.7 cm³/mol. The summed E-state index contributed by atoms with van der Waals surface area (Å²) < 4.78 is 0. The van der Waals surface area contributed by atoms with Crippen LogP contribution in [0.25, 0.3) is 0 Å². The van der Waals surface area contributed by atoms with E-state index >= 15 is 0 Å². The summed E-state index contributed by atoms with van der Waals surface area (Å²) in [5.41, 5.74) is 2.31. The van der Waals surface area contributed by atoms with Gasteiger partial charge in [0.15, 0.2) is 0 Å². The third-order valence-electron chi connectivity index (χ3n) is 3.55. The van der Waals surface area contributed by atoms with Crippen LogP contribution >= 0.6 is 0 Å². The van der Waals surface area contributed by atoms with E-state index in [1.54, 1.807) is 0 Å². The van der Waals surface area contributed by atoms with Crippen LogP contribution in [0.2, 0.25) is 0 Å². The maximum absolute atomic E-state index is 9.72. The summed E-state index contributed by atoms with van der Waals surface area (Å²) in [6.45, 7) is 5.44. The Morgan fingerprint density at radius 3 is 2.56 bits per heavy atom. The molecule has 0 bridgehead atoms. The number of benzene rings is 1. The fourth-order valence-corrected chi connectivity index (χ4v) is 2.44. The van der Waals surface area contributed by atoms with E-state index in [1.807, 2.05) is 6.92 Å². The van der Waals surface area contributed by atoms with Crippen molar-refractivity contribution in [3.8, 4) is 0 Å². The molecule has 1 aliphatic heterocycles. The molecule has 0 spiro atoms. The summed E-state index contributed by atoms with van der Waals surface area (Å²) in [5.74, 6) is 0. The fraction of sp³-hybridized carbons (Fsp3) is 0.571. The van der Waals surface area contributed by atoms with Crippen molar-refractivity contribution in [1.29, 1.82) is 0 Å². The lowest BCUT2D eigenvalue weighted by molar-refractivity contribution is 0.173. The van der Waals surface area contributed by atoms with Crippen LogP contribution in [-0.4, -0.2) is 17.7 Å². The zero-order chi connectivity index (χ0) is 11.5. The van der Waals surface area contributed by atoms with Gasteiger partial charge >= 0.3 is 0 Å². The molecule has 1 unspecified atom stereocenters. The van der Waals surface area contributed by atoms with Gasteiger partial charge in [0, 0.05) is 18.3 Å². The van der Waals surface area contributed by atoms with Gasteiger partial charge in [-0.15, -0.1) is 0 Å². The van der Waals surface area contributed by atoms with Gasteiger partial charge in [0.1, 0.15) is 0 Å². The monoisotopic (exact) mass is 219 g/mol. The average Bonchev–Trinajstić information content (AvgIpc) is 2.75. The van der Waals surface area contributed by atoms with Gasteiger partial charge in [-0.25, -0.2) is 0 Å². The van der Waals surface area contributed by atoms with Gasteiger partial charge < -0.3 is 10.0 Å². The number of aliphatic hydroxyl groups excluding tert-OH is 1. The lowest BCUT2D eigenvalue weighted by Crippen LogP contribution is -2.26. The Morgan fingerprint density at radius 1 is 1.38 bits per heavy atom. The SMILES string of the molecule is CC[C@H](O)c1ccc(N2CCCC2C)cc1. The second-order valence-electron chi connectivity index (χ2n) is 4.70. The summed E-state index contributed by atoms with van der Waals surface area (Å²) in [4.78, 5) is 2.45. The molecule has 2 nitrogen and oxygen atoms in total. The molecule has 0 aromatic heterocycles. The molecule has 2 heteroatoms. The number of hydrogen-bond acceptors (Lipinski definition) is 2. The van der Waals surface area contributed by atoms with Crippen molar-refractivity contribution in [2.45, 2.75) is 45.3 Å².